The lowest BCUT2D eigenvalue weighted by atomic mass is 10.0. The van der Waals surface area contributed by atoms with Gasteiger partial charge < -0.3 is 15.8 Å². The lowest BCUT2D eigenvalue weighted by Gasteiger charge is -2.15. The zero-order valence-electron chi connectivity index (χ0n) is 13.3. The highest BCUT2D eigenvalue weighted by molar-refractivity contribution is 5.81. The van der Waals surface area contributed by atoms with Crippen LogP contribution in [0.2, 0.25) is 0 Å². The van der Waals surface area contributed by atoms with E-state index in [0.29, 0.717) is 18.0 Å². The molecule has 0 radical (unpaired) electrons. The molecule has 0 aromatic heterocycles. The van der Waals surface area contributed by atoms with E-state index in [1.807, 2.05) is 26.0 Å². The van der Waals surface area contributed by atoms with Crippen LogP contribution in [-0.4, -0.2) is 11.9 Å². The number of amides is 1. The highest BCUT2D eigenvalue weighted by Gasteiger charge is 2.16. The Morgan fingerprint density at radius 2 is 1.61 bits per heavy atom. The number of nitrogens with two attached hydrogens (primary N) is 1. The van der Waals surface area contributed by atoms with Crippen LogP contribution in [0.15, 0.2) is 48.5 Å². The van der Waals surface area contributed by atoms with Crippen molar-refractivity contribution in [2.45, 2.75) is 26.4 Å². The molecule has 2 aromatic carbocycles. The first-order valence-corrected chi connectivity index (χ1v) is 7.51. The zero-order chi connectivity index (χ0) is 16.8. The summed E-state index contributed by atoms with van der Waals surface area (Å²) in [5.74, 6) is 0.845. The van der Waals surface area contributed by atoms with Crippen molar-refractivity contribution in [1.29, 1.82) is 0 Å². The fraction of sp³-hybridized carbons (Fsp3) is 0.278. The van der Waals surface area contributed by atoms with Gasteiger partial charge in [0.05, 0.1) is 6.04 Å². The molecule has 3 N–H and O–H groups in total. The largest absolute Gasteiger partial charge is 0.457 e. The summed E-state index contributed by atoms with van der Waals surface area (Å²) in [5.41, 5.74) is 6.73. The van der Waals surface area contributed by atoms with Crippen LogP contribution < -0.4 is 15.8 Å². The number of halogens is 1. The first-order chi connectivity index (χ1) is 11.0. The quantitative estimate of drug-likeness (QED) is 0.860. The van der Waals surface area contributed by atoms with Crippen LogP contribution in [0, 0.1) is 11.7 Å². The van der Waals surface area contributed by atoms with Gasteiger partial charge in [-0.2, -0.15) is 0 Å². The Hall–Kier alpha value is -2.40. The lowest BCUT2D eigenvalue weighted by Crippen LogP contribution is -2.43. The van der Waals surface area contributed by atoms with Crippen LogP contribution in [-0.2, 0) is 11.3 Å². The standard InChI is InChI=1S/C18H21FN2O2/c1-12(2)17(20)18(22)21-11-13-3-7-15(8-4-13)23-16-9-5-14(19)6-10-16/h3-10,12,17H,11,20H2,1-2H3,(H,21,22)/t17-/m0/s1. The Bertz CT molecular complexity index is 639. The number of hydrogen-bond acceptors (Lipinski definition) is 3. The minimum Gasteiger partial charge on any atom is -0.457 e. The smallest absolute Gasteiger partial charge is 0.237 e. The highest BCUT2D eigenvalue weighted by Crippen LogP contribution is 2.21. The second-order valence-corrected chi connectivity index (χ2v) is 5.69. The number of rotatable bonds is 6. The van der Waals surface area contributed by atoms with Gasteiger partial charge in [-0.15, -0.1) is 0 Å². The van der Waals surface area contributed by atoms with E-state index in [2.05, 4.69) is 5.32 Å². The van der Waals surface area contributed by atoms with Crippen LogP contribution in [0.3, 0.4) is 0 Å². The van der Waals surface area contributed by atoms with Crippen LogP contribution >= 0.6 is 0 Å². The number of carbonyl (C=O) groups excluding carboxylic acids is 1. The Kier molecular flexibility index (Phi) is 5.71. The van der Waals surface area contributed by atoms with E-state index in [1.54, 1.807) is 24.3 Å². The molecule has 0 saturated carbocycles. The van der Waals surface area contributed by atoms with Gasteiger partial charge in [0.2, 0.25) is 5.91 Å². The summed E-state index contributed by atoms with van der Waals surface area (Å²) in [6.45, 7) is 4.23. The maximum Gasteiger partial charge on any atom is 0.237 e. The molecular weight excluding hydrogens is 295 g/mol. The summed E-state index contributed by atoms with van der Waals surface area (Å²) in [6, 6.07) is 12.6. The Balaban J connectivity index is 1.89. The van der Waals surface area contributed by atoms with Gasteiger partial charge in [0, 0.05) is 6.54 Å². The fourth-order valence-corrected chi connectivity index (χ4v) is 1.92. The molecule has 2 aromatic rings. The van der Waals surface area contributed by atoms with Crippen molar-refractivity contribution < 1.29 is 13.9 Å². The molecule has 2 rings (SSSR count). The summed E-state index contributed by atoms with van der Waals surface area (Å²) in [4.78, 5) is 11.8. The Morgan fingerprint density at radius 1 is 1.09 bits per heavy atom. The summed E-state index contributed by atoms with van der Waals surface area (Å²) in [6.07, 6.45) is 0. The number of benzene rings is 2. The molecule has 4 nitrogen and oxygen atoms in total. The van der Waals surface area contributed by atoms with Crippen LogP contribution in [0.5, 0.6) is 11.5 Å². The molecule has 23 heavy (non-hydrogen) atoms. The number of nitrogens with one attached hydrogen (secondary N) is 1. The monoisotopic (exact) mass is 316 g/mol. The van der Waals surface area contributed by atoms with Crippen LogP contribution in [0.25, 0.3) is 0 Å². The zero-order valence-corrected chi connectivity index (χ0v) is 13.3. The molecule has 5 heteroatoms. The van der Waals surface area contributed by atoms with E-state index >= 15 is 0 Å². The van der Waals surface area contributed by atoms with Crippen molar-refractivity contribution in [2.75, 3.05) is 0 Å². The predicted molar refractivity (Wildman–Crippen MR) is 87.6 cm³/mol. The molecule has 0 unspecified atom stereocenters. The van der Waals surface area contributed by atoms with Crippen LogP contribution in [0.4, 0.5) is 4.39 Å². The predicted octanol–water partition coefficient (Wildman–Crippen LogP) is 3.22. The van der Waals surface area contributed by atoms with Gasteiger partial charge in [-0.1, -0.05) is 26.0 Å². The van der Waals surface area contributed by atoms with Crippen LogP contribution in [0.1, 0.15) is 19.4 Å². The molecule has 122 valence electrons. The van der Waals surface area contributed by atoms with Crippen molar-refractivity contribution in [2.24, 2.45) is 11.7 Å². The van der Waals surface area contributed by atoms with E-state index in [4.69, 9.17) is 10.5 Å². The average molecular weight is 316 g/mol. The van der Waals surface area contributed by atoms with Crippen molar-refractivity contribution in [1.82, 2.24) is 5.32 Å². The third-order valence-electron chi connectivity index (χ3n) is 3.46. The fourth-order valence-electron chi connectivity index (χ4n) is 1.92. The third-order valence-corrected chi connectivity index (χ3v) is 3.46. The Labute approximate surface area is 135 Å². The molecule has 0 aliphatic heterocycles. The second kappa shape index (κ2) is 7.74. The van der Waals surface area contributed by atoms with Crippen molar-refractivity contribution in [3.8, 4) is 11.5 Å². The molecule has 0 heterocycles. The van der Waals surface area contributed by atoms with Crippen molar-refractivity contribution in [3.05, 3.63) is 59.9 Å². The van der Waals surface area contributed by atoms with Gasteiger partial charge in [-0.05, 0) is 47.9 Å². The van der Waals surface area contributed by atoms with Gasteiger partial charge in [-0.25, -0.2) is 4.39 Å². The molecule has 0 spiro atoms. The summed E-state index contributed by atoms with van der Waals surface area (Å²) < 4.78 is 18.4. The van der Waals surface area contributed by atoms with Crippen molar-refractivity contribution >= 4 is 5.91 Å². The third kappa shape index (κ3) is 5.07. The molecule has 0 bridgehead atoms. The van der Waals surface area contributed by atoms with Gasteiger partial charge >= 0.3 is 0 Å². The van der Waals surface area contributed by atoms with Gasteiger partial charge in [0.25, 0.3) is 0 Å². The minimum atomic E-state index is -0.504. The minimum absolute atomic E-state index is 0.0986. The van der Waals surface area contributed by atoms with Crippen molar-refractivity contribution in [3.63, 3.8) is 0 Å². The summed E-state index contributed by atoms with van der Waals surface area (Å²) in [5, 5.41) is 2.81. The Morgan fingerprint density at radius 3 is 2.13 bits per heavy atom. The normalized spacial score (nSPS) is 12.0. The van der Waals surface area contributed by atoms with E-state index in [0.717, 1.165) is 5.56 Å². The van der Waals surface area contributed by atoms with E-state index < -0.39 is 6.04 Å². The molecule has 1 amide bonds. The number of hydrogen-bond donors (Lipinski definition) is 2. The van der Waals surface area contributed by atoms with E-state index in [1.165, 1.54) is 12.1 Å². The van der Waals surface area contributed by atoms with Gasteiger partial charge in [0.15, 0.2) is 0 Å². The lowest BCUT2D eigenvalue weighted by molar-refractivity contribution is -0.123. The molecule has 0 fully saturated rings. The first-order valence-electron chi connectivity index (χ1n) is 7.51. The molecule has 0 aliphatic carbocycles. The maximum atomic E-state index is 12.8. The molecule has 1 atom stereocenters. The molecule has 0 saturated heterocycles. The number of ether oxygens (including phenoxy) is 1. The summed E-state index contributed by atoms with van der Waals surface area (Å²) >= 11 is 0. The first kappa shape index (κ1) is 17.0. The number of carbonyl (C=O) groups is 1. The van der Waals surface area contributed by atoms with E-state index in [-0.39, 0.29) is 17.6 Å². The topological polar surface area (TPSA) is 64.4 Å². The van der Waals surface area contributed by atoms with Gasteiger partial charge in [0.1, 0.15) is 17.3 Å². The highest BCUT2D eigenvalue weighted by atomic mass is 19.1. The molecule has 0 aliphatic rings. The average Bonchev–Trinajstić information content (AvgIpc) is 2.55. The summed E-state index contributed by atoms with van der Waals surface area (Å²) in [7, 11) is 0. The van der Waals surface area contributed by atoms with E-state index in [9.17, 15) is 9.18 Å². The second-order valence-electron chi connectivity index (χ2n) is 5.69. The maximum absolute atomic E-state index is 12.8. The SMILES string of the molecule is CC(C)[C@H](N)C(=O)NCc1ccc(Oc2ccc(F)cc2)cc1. The van der Waals surface area contributed by atoms with Gasteiger partial charge in [-0.3, -0.25) is 4.79 Å². The molecular formula is C18H21FN2O2.